The Kier molecular flexibility index (Phi) is 3.86. The summed E-state index contributed by atoms with van der Waals surface area (Å²) in [4.78, 5) is 0. The van der Waals surface area contributed by atoms with E-state index >= 15 is 0 Å². The molecule has 0 fully saturated rings. The zero-order valence-corrected chi connectivity index (χ0v) is 11.0. The standard InChI is InChI=1S/C16H17Cl/c1-12-3-7-14(8-4-12)11-16(17)15-9-5-13(2)6-10-15/h3-10,16H,11H2,1-2H3. The van der Waals surface area contributed by atoms with Crippen LogP contribution in [0.2, 0.25) is 0 Å². The summed E-state index contributed by atoms with van der Waals surface area (Å²) < 4.78 is 0. The van der Waals surface area contributed by atoms with E-state index in [1.165, 1.54) is 22.3 Å². The van der Waals surface area contributed by atoms with Crippen LogP contribution < -0.4 is 0 Å². The highest BCUT2D eigenvalue weighted by Gasteiger charge is 2.08. The number of aryl methyl sites for hydroxylation is 2. The number of benzene rings is 2. The molecule has 0 bridgehead atoms. The Morgan fingerprint density at radius 3 is 1.82 bits per heavy atom. The third-order valence-electron chi connectivity index (χ3n) is 2.97. The van der Waals surface area contributed by atoms with E-state index in [1.807, 2.05) is 0 Å². The van der Waals surface area contributed by atoms with Crippen molar-refractivity contribution in [2.45, 2.75) is 25.6 Å². The number of alkyl halides is 1. The van der Waals surface area contributed by atoms with E-state index in [-0.39, 0.29) is 5.38 Å². The predicted molar refractivity (Wildman–Crippen MR) is 74.7 cm³/mol. The van der Waals surface area contributed by atoms with Gasteiger partial charge in [0, 0.05) is 0 Å². The van der Waals surface area contributed by atoms with Gasteiger partial charge in [-0.1, -0.05) is 59.7 Å². The molecule has 0 saturated carbocycles. The molecule has 0 radical (unpaired) electrons. The number of rotatable bonds is 3. The predicted octanol–water partition coefficient (Wildman–Crippen LogP) is 4.83. The molecule has 0 amide bonds. The lowest BCUT2D eigenvalue weighted by Crippen LogP contribution is -1.96. The highest BCUT2D eigenvalue weighted by Crippen LogP contribution is 2.25. The van der Waals surface area contributed by atoms with E-state index in [9.17, 15) is 0 Å². The van der Waals surface area contributed by atoms with Gasteiger partial charge in [0.1, 0.15) is 0 Å². The lowest BCUT2D eigenvalue weighted by Gasteiger charge is -2.10. The highest BCUT2D eigenvalue weighted by molar-refractivity contribution is 6.20. The monoisotopic (exact) mass is 244 g/mol. The van der Waals surface area contributed by atoms with Crippen molar-refractivity contribution in [3.63, 3.8) is 0 Å². The number of halogens is 1. The molecule has 0 saturated heterocycles. The third kappa shape index (κ3) is 3.34. The van der Waals surface area contributed by atoms with Crippen LogP contribution in [0.5, 0.6) is 0 Å². The molecule has 0 aromatic heterocycles. The van der Waals surface area contributed by atoms with Gasteiger partial charge in [0.2, 0.25) is 0 Å². The molecule has 17 heavy (non-hydrogen) atoms. The molecule has 0 N–H and O–H groups in total. The highest BCUT2D eigenvalue weighted by atomic mass is 35.5. The summed E-state index contributed by atoms with van der Waals surface area (Å²) in [5.74, 6) is 0. The Hall–Kier alpha value is -1.27. The van der Waals surface area contributed by atoms with Crippen molar-refractivity contribution in [2.24, 2.45) is 0 Å². The molecule has 0 spiro atoms. The molecule has 1 atom stereocenters. The van der Waals surface area contributed by atoms with E-state index in [0.29, 0.717) is 0 Å². The topological polar surface area (TPSA) is 0 Å². The van der Waals surface area contributed by atoms with Crippen molar-refractivity contribution in [3.05, 3.63) is 70.8 Å². The van der Waals surface area contributed by atoms with Crippen LogP contribution in [-0.4, -0.2) is 0 Å². The van der Waals surface area contributed by atoms with Gasteiger partial charge >= 0.3 is 0 Å². The van der Waals surface area contributed by atoms with Crippen LogP contribution >= 0.6 is 11.6 Å². The Labute approximate surface area is 108 Å². The van der Waals surface area contributed by atoms with Gasteiger partial charge in [-0.3, -0.25) is 0 Å². The van der Waals surface area contributed by atoms with E-state index in [0.717, 1.165) is 6.42 Å². The lowest BCUT2D eigenvalue weighted by molar-refractivity contribution is 0.918. The van der Waals surface area contributed by atoms with Crippen molar-refractivity contribution in [3.8, 4) is 0 Å². The summed E-state index contributed by atoms with van der Waals surface area (Å²) in [7, 11) is 0. The molecular weight excluding hydrogens is 228 g/mol. The minimum atomic E-state index is 0.0540. The van der Waals surface area contributed by atoms with Crippen LogP contribution in [-0.2, 0) is 6.42 Å². The van der Waals surface area contributed by atoms with Gasteiger partial charge in [0.05, 0.1) is 5.38 Å². The van der Waals surface area contributed by atoms with E-state index < -0.39 is 0 Å². The molecule has 0 aliphatic heterocycles. The second-order valence-electron chi connectivity index (χ2n) is 4.57. The molecule has 88 valence electrons. The second-order valence-corrected chi connectivity index (χ2v) is 5.09. The first-order chi connectivity index (χ1) is 8.15. The van der Waals surface area contributed by atoms with Gasteiger partial charge in [-0.05, 0) is 31.4 Å². The van der Waals surface area contributed by atoms with Gasteiger partial charge in [0.25, 0.3) is 0 Å². The molecule has 0 nitrogen and oxygen atoms in total. The van der Waals surface area contributed by atoms with Crippen LogP contribution in [0.1, 0.15) is 27.6 Å². The van der Waals surface area contributed by atoms with Crippen LogP contribution in [0, 0.1) is 13.8 Å². The van der Waals surface area contributed by atoms with Crippen molar-refractivity contribution < 1.29 is 0 Å². The second kappa shape index (κ2) is 5.37. The molecule has 2 aromatic rings. The molecule has 2 rings (SSSR count). The van der Waals surface area contributed by atoms with E-state index in [2.05, 4.69) is 62.4 Å². The maximum absolute atomic E-state index is 6.43. The molecule has 0 aliphatic rings. The van der Waals surface area contributed by atoms with Crippen molar-refractivity contribution in [2.75, 3.05) is 0 Å². The maximum atomic E-state index is 6.43. The summed E-state index contributed by atoms with van der Waals surface area (Å²) in [6.07, 6.45) is 0.880. The fraction of sp³-hybridized carbons (Fsp3) is 0.250. The summed E-state index contributed by atoms with van der Waals surface area (Å²) in [5, 5.41) is 0.0540. The maximum Gasteiger partial charge on any atom is 0.0625 e. The summed E-state index contributed by atoms with van der Waals surface area (Å²) >= 11 is 6.43. The van der Waals surface area contributed by atoms with Crippen molar-refractivity contribution in [1.82, 2.24) is 0 Å². The summed E-state index contributed by atoms with van der Waals surface area (Å²) in [6, 6.07) is 17.0. The van der Waals surface area contributed by atoms with Gasteiger partial charge in [0.15, 0.2) is 0 Å². The Balaban J connectivity index is 2.08. The SMILES string of the molecule is Cc1ccc(CC(Cl)c2ccc(C)cc2)cc1. The first-order valence-corrected chi connectivity index (χ1v) is 6.35. The average Bonchev–Trinajstić information content (AvgIpc) is 2.33. The molecule has 0 heterocycles. The van der Waals surface area contributed by atoms with E-state index in [4.69, 9.17) is 11.6 Å². The van der Waals surface area contributed by atoms with Crippen LogP contribution in [0.4, 0.5) is 0 Å². The fourth-order valence-corrected chi connectivity index (χ4v) is 2.15. The third-order valence-corrected chi connectivity index (χ3v) is 3.38. The molecular formula is C16H17Cl. The number of hydrogen-bond acceptors (Lipinski definition) is 0. The van der Waals surface area contributed by atoms with Crippen LogP contribution in [0.3, 0.4) is 0 Å². The minimum Gasteiger partial charge on any atom is -0.117 e. The quantitative estimate of drug-likeness (QED) is 0.679. The summed E-state index contributed by atoms with van der Waals surface area (Å²) in [6.45, 7) is 4.19. The Morgan fingerprint density at radius 2 is 1.29 bits per heavy atom. The molecule has 1 unspecified atom stereocenters. The fourth-order valence-electron chi connectivity index (χ4n) is 1.82. The minimum absolute atomic E-state index is 0.0540. The Morgan fingerprint density at radius 1 is 0.824 bits per heavy atom. The van der Waals surface area contributed by atoms with E-state index in [1.54, 1.807) is 0 Å². The van der Waals surface area contributed by atoms with Gasteiger partial charge in [-0.2, -0.15) is 0 Å². The van der Waals surface area contributed by atoms with Gasteiger partial charge in [-0.15, -0.1) is 11.6 Å². The smallest absolute Gasteiger partial charge is 0.0625 e. The van der Waals surface area contributed by atoms with Crippen LogP contribution in [0.15, 0.2) is 48.5 Å². The summed E-state index contributed by atoms with van der Waals surface area (Å²) in [5.41, 5.74) is 5.04. The zero-order chi connectivity index (χ0) is 12.3. The first-order valence-electron chi connectivity index (χ1n) is 5.91. The van der Waals surface area contributed by atoms with Crippen LogP contribution in [0.25, 0.3) is 0 Å². The van der Waals surface area contributed by atoms with Gasteiger partial charge in [-0.25, -0.2) is 0 Å². The molecule has 1 heteroatoms. The lowest BCUT2D eigenvalue weighted by atomic mass is 10.0. The Bertz CT molecular complexity index is 468. The normalized spacial score (nSPS) is 12.4. The van der Waals surface area contributed by atoms with Crippen molar-refractivity contribution >= 4 is 11.6 Å². The van der Waals surface area contributed by atoms with Crippen molar-refractivity contribution in [1.29, 1.82) is 0 Å². The zero-order valence-electron chi connectivity index (χ0n) is 10.3. The molecule has 2 aromatic carbocycles. The first kappa shape index (κ1) is 12.2. The largest absolute Gasteiger partial charge is 0.117 e. The molecule has 0 aliphatic carbocycles. The average molecular weight is 245 g/mol. The number of hydrogen-bond donors (Lipinski definition) is 0. The van der Waals surface area contributed by atoms with Gasteiger partial charge < -0.3 is 0 Å².